The second-order valence-electron chi connectivity index (χ2n) is 9.74. The van der Waals surface area contributed by atoms with Crippen LogP contribution in [0.15, 0.2) is 18.2 Å². The van der Waals surface area contributed by atoms with E-state index in [0.29, 0.717) is 22.7 Å². The summed E-state index contributed by atoms with van der Waals surface area (Å²) in [5.41, 5.74) is 1.82. The van der Waals surface area contributed by atoms with Crippen LogP contribution in [0.25, 0.3) is 0 Å². The van der Waals surface area contributed by atoms with Gasteiger partial charge in [0.15, 0.2) is 0 Å². The number of piperidine rings is 2. The molecule has 1 aromatic carbocycles. The van der Waals surface area contributed by atoms with Crippen molar-refractivity contribution in [3.05, 3.63) is 28.8 Å². The van der Waals surface area contributed by atoms with E-state index in [2.05, 4.69) is 23.2 Å². The highest BCUT2D eigenvalue weighted by atomic mass is 35.5. The quantitative estimate of drug-likeness (QED) is 0.678. The van der Waals surface area contributed by atoms with Crippen LogP contribution in [0.3, 0.4) is 0 Å². The van der Waals surface area contributed by atoms with Crippen LogP contribution >= 0.6 is 11.6 Å². The number of nitrogens with one attached hydrogen (secondary N) is 2. The molecule has 5 nitrogen and oxygen atoms in total. The molecule has 0 aromatic heterocycles. The number of nitrogens with zero attached hydrogens (tertiary/aromatic N) is 2. The van der Waals surface area contributed by atoms with Crippen LogP contribution < -0.4 is 5.32 Å². The van der Waals surface area contributed by atoms with Crippen molar-refractivity contribution in [3.8, 4) is 6.07 Å². The second-order valence-corrected chi connectivity index (χ2v) is 10.1. The van der Waals surface area contributed by atoms with Crippen molar-refractivity contribution in [1.82, 2.24) is 4.90 Å². The first-order valence-corrected chi connectivity index (χ1v) is 10.9. The van der Waals surface area contributed by atoms with Crippen LogP contribution in [0.2, 0.25) is 5.02 Å². The highest BCUT2D eigenvalue weighted by molar-refractivity contribution is 6.35. The molecule has 0 spiro atoms. The molecule has 29 heavy (non-hydrogen) atoms. The lowest BCUT2D eigenvalue weighted by molar-refractivity contribution is -0.163. The fourth-order valence-electron chi connectivity index (χ4n) is 6.41. The third-order valence-corrected chi connectivity index (χ3v) is 7.63. The maximum atomic E-state index is 13.3. The predicted octanol–water partition coefficient (Wildman–Crippen LogP) is 4.85. The van der Waals surface area contributed by atoms with Gasteiger partial charge in [0.1, 0.15) is 0 Å². The Hall–Kier alpha value is -2.06. The van der Waals surface area contributed by atoms with Gasteiger partial charge in [-0.3, -0.25) is 4.79 Å². The predicted molar refractivity (Wildman–Crippen MR) is 115 cm³/mol. The molecule has 1 amide bonds. The average molecular weight is 413 g/mol. The molecular formula is C23H29ClN4O. The van der Waals surface area contributed by atoms with E-state index in [1.165, 1.54) is 0 Å². The summed E-state index contributed by atoms with van der Waals surface area (Å²) in [5, 5.41) is 22.1. The summed E-state index contributed by atoms with van der Waals surface area (Å²) in [6, 6.07) is 8.47. The van der Waals surface area contributed by atoms with Crippen molar-refractivity contribution in [3.63, 3.8) is 0 Å². The molecule has 2 N–H and O–H groups in total. The Labute approximate surface area is 177 Å². The molecular weight excluding hydrogens is 384 g/mol. The fourth-order valence-corrected chi connectivity index (χ4v) is 6.68. The molecule has 4 bridgehead atoms. The number of halogens is 1. The number of hydrogen-bond donors (Lipinski definition) is 2. The zero-order valence-corrected chi connectivity index (χ0v) is 18.1. The van der Waals surface area contributed by atoms with Crippen LogP contribution in [-0.4, -0.2) is 35.7 Å². The second kappa shape index (κ2) is 7.02. The van der Waals surface area contributed by atoms with Gasteiger partial charge in [-0.2, -0.15) is 5.26 Å². The summed E-state index contributed by atoms with van der Waals surface area (Å²) in [4.78, 5) is 15.4. The molecule has 3 atom stereocenters. The first-order valence-electron chi connectivity index (χ1n) is 10.5. The summed E-state index contributed by atoms with van der Waals surface area (Å²) in [7, 11) is 1.81. The van der Waals surface area contributed by atoms with Crippen molar-refractivity contribution < 1.29 is 4.79 Å². The number of carbonyl (C=O) groups excluding carboxylic acids is 1. The number of nitriles is 1. The molecule has 154 valence electrons. The van der Waals surface area contributed by atoms with Crippen LogP contribution in [-0.2, 0) is 4.79 Å². The molecule has 2 aliphatic heterocycles. The largest absolute Gasteiger partial charge is 0.388 e. The minimum Gasteiger partial charge on any atom is -0.388 e. The molecule has 3 unspecified atom stereocenters. The molecule has 0 radical (unpaired) electrons. The Morgan fingerprint density at radius 2 is 2.03 bits per heavy atom. The van der Waals surface area contributed by atoms with Crippen LogP contribution in [0.1, 0.15) is 57.9 Å². The molecule has 5 rings (SSSR count). The Bertz CT molecular complexity index is 889. The van der Waals surface area contributed by atoms with Gasteiger partial charge in [0.05, 0.1) is 16.5 Å². The van der Waals surface area contributed by atoms with Crippen LogP contribution in [0.4, 0.5) is 5.69 Å². The third-order valence-electron chi connectivity index (χ3n) is 7.31. The summed E-state index contributed by atoms with van der Waals surface area (Å²) in [6.07, 6.45) is 4.89. The Morgan fingerprint density at radius 1 is 1.38 bits per heavy atom. The highest BCUT2D eigenvalue weighted by Gasteiger charge is 2.60. The summed E-state index contributed by atoms with van der Waals surface area (Å²) >= 11 is 6.37. The minimum absolute atomic E-state index is 0.116. The van der Waals surface area contributed by atoms with E-state index in [0.717, 1.165) is 37.8 Å². The SMILES string of the molecule is CNc1cccc(Cl)c1C(=N)C(C)CC(=O)N1C2CC3(C)CC1CC(C#N)(C2)C3. The number of anilines is 1. The van der Waals surface area contributed by atoms with Crippen molar-refractivity contribution in [2.75, 3.05) is 12.4 Å². The smallest absolute Gasteiger partial charge is 0.223 e. The first kappa shape index (κ1) is 20.2. The van der Waals surface area contributed by atoms with Gasteiger partial charge in [0.2, 0.25) is 5.91 Å². The lowest BCUT2D eigenvalue weighted by Gasteiger charge is -2.63. The van der Waals surface area contributed by atoms with Crippen LogP contribution in [0, 0.1) is 33.5 Å². The van der Waals surface area contributed by atoms with Crippen molar-refractivity contribution in [2.45, 2.75) is 64.5 Å². The lowest BCUT2D eigenvalue weighted by Crippen LogP contribution is -2.65. The van der Waals surface area contributed by atoms with E-state index in [1.54, 1.807) is 6.07 Å². The van der Waals surface area contributed by atoms with Crippen molar-refractivity contribution in [1.29, 1.82) is 10.7 Å². The maximum absolute atomic E-state index is 13.3. The highest BCUT2D eigenvalue weighted by Crippen LogP contribution is 2.61. The molecule has 2 saturated carbocycles. The summed E-state index contributed by atoms with van der Waals surface area (Å²) in [5.74, 6) is -0.113. The van der Waals surface area contributed by atoms with Gasteiger partial charge in [-0.25, -0.2) is 0 Å². The average Bonchev–Trinajstić information content (AvgIpc) is 2.65. The summed E-state index contributed by atoms with van der Waals surface area (Å²) < 4.78 is 0. The Morgan fingerprint density at radius 3 is 2.62 bits per heavy atom. The third kappa shape index (κ3) is 3.32. The van der Waals surface area contributed by atoms with E-state index in [9.17, 15) is 10.1 Å². The van der Waals surface area contributed by atoms with Gasteiger partial charge < -0.3 is 15.6 Å². The standard InChI is InChI=1S/C23H29ClN4O/c1-14(21(26)20-17(24)5-4-6-18(20)27-3)7-19(29)28-15-8-22(2)9-16(28)11-23(10-15,12-22)13-25/h4-6,14-16,26-27H,7-12H2,1-3H3. The monoisotopic (exact) mass is 412 g/mol. The molecule has 2 heterocycles. The molecule has 2 aliphatic carbocycles. The van der Waals surface area contributed by atoms with Gasteiger partial charge in [-0.15, -0.1) is 0 Å². The van der Waals surface area contributed by atoms with Gasteiger partial charge in [0.25, 0.3) is 0 Å². The van der Waals surface area contributed by atoms with E-state index in [4.69, 9.17) is 17.0 Å². The van der Waals surface area contributed by atoms with Gasteiger partial charge in [-0.05, 0) is 49.7 Å². The topological polar surface area (TPSA) is 80.0 Å². The Kier molecular flexibility index (Phi) is 4.90. The van der Waals surface area contributed by atoms with Crippen molar-refractivity contribution >= 4 is 28.9 Å². The summed E-state index contributed by atoms with van der Waals surface area (Å²) in [6.45, 7) is 4.21. The van der Waals surface area contributed by atoms with Gasteiger partial charge in [0, 0.05) is 48.4 Å². The number of amides is 1. The van der Waals surface area contributed by atoms with E-state index >= 15 is 0 Å². The number of hydrogen-bond acceptors (Lipinski definition) is 4. The normalized spacial score (nSPS) is 33.3. The molecule has 6 heteroatoms. The fraction of sp³-hybridized carbons (Fsp3) is 0.609. The number of rotatable bonds is 5. The van der Waals surface area contributed by atoms with Crippen LogP contribution in [0.5, 0.6) is 0 Å². The lowest BCUT2D eigenvalue weighted by atomic mass is 9.50. The van der Waals surface area contributed by atoms with Gasteiger partial charge >= 0.3 is 0 Å². The number of benzene rings is 1. The van der Waals surface area contributed by atoms with Gasteiger partial charge in [-0.1, -0.05) is 31.5 Å². The molecule has 4 aliphatic rings. The molecule has 2 saturated heterocycles. The van der Waals surface area contributed by atoms with E-state index in [-0.39, 0.29) is 34.7 Å². The zero-order valence-electron chi connectivity index (χ0n) is 17.4. The number of carbonyl (C=O) groups is 1. The van der Waals surface area contributed by atoms with E-state index < -0.39 is 0 Å². The molecule has 4 fully saturated rings. The van der Waals surface area contributed by atoms with Crippen molar-refractivity contribution in [2.24, 2.45) is 16.7 Å². The Balaban J connectivity index is 1.51. The first-order chi connectivity index (χ1) is 13.7. The molecule has 1 aromatic rings. The zero-order chi connectivity index (χ0) is 21.0. The van der Waals surface area contributed by atoms with E-state index in [1.807, 2.05) is 26.1 Å². The maximum Gasteiger partial charge on any atom is 0.223 e. The minimum atomic E-state index is -0.241.